The molecular weight excluding hydrogens is 240 g/mol. The van der Waals surface area contributed by atoms with Crippen LogP contribution in [0.1, 0.15) is 24.4 Å². The Hall–Kier alpha value is -0.510. The van der Waals surface area contributed by atoms with E-state index in [4.69, 9.17) is 0 Å². The Bertz CT molecular complexity index is 334. The number of thioether (sulfide) groups is 1. The van der Waals surface area contributed by atoms with E-state index < -0.39 is 0 Å². The summed E-state index contributed by atoms with van der Waals surface area (Å²) in [4.78, 5) is 2.30. The maximum atomic E-state index is 3.74. The van der Waals surface area contributed by atoms with Gasteiger partial charge in [-0.15, -0.1) is 0 Å². The first kappa shape index (κ1) is 13.9. The van der Waals surface area contributed by atoms with Crippen LogP contribution in [0.4, 0.5) is 0 Å². The van der Waals surface area contributed by atoms with Gasteiger partial charge in [0.05, 0.1) is 0 Å². The van der Waals surface area contributed by atoms with Crippen molar-refractivity contribution in [3.8, 4) is 0 Å². The SMILES string of the molecule is CN(C)C(CNC1CCCSC1)c1ccccc1. The number of nitrogens with zero attached hydrogens (tertiary/aromatic N) is 1. The van der Waals surface area contributed by atoms with Crippen molar-refractivity contribution in [1.82, 2.24) is 10.2 Å². The standard InChI is InChI=1S/C15H24N2S/c1-17(2)15(13-7-4-3-5-8-13)11-16-14-9-6-10-18-12-14/h3-5,7-8,14-16H,6,9-12H2,1-2H3. The van der Waals surface area contributed by atoms with Crippen LogP contribution in [0.5, 0.6) is 0 Å². The normalized spacial score (nSPS) is 22.1. The Morgan fingerprint density at radius 3 is 2.72 bits per heavy atom. The van der Waals surface area contributed by atoms with Crippen LogP contribution in [0.2, 0.25) is 0 Å². The van der Waals surface area contributed by atoms with Gasteiger partial charge in [-0.05, 0) is 38.3 Å². The van der Waals surface area contributed by atoms with Gasteiger partial charge in [0.1, 0.15) is 0 Å². The first-order valence-electron chi connectivity index (χ1n) is 6.80. The van der Waals surface area contributed by atoms with E-state index in [-0.39, 0.29) is 0 Å². The summed E-state index contributed by atoms with van der Waals surface area (Å²) >= 11 is 2.08. The number of likely N-dealkylation sites (N-methyl/N-ethyl adjacent to an activating group) is 1. The number of rotatable bonds is 5. The highest BCUT2D eigenvalue weighted by molar-refractivity contribution is 7.99. The number of hydrogen-bond acceptors (Lipinski definition) is 3. The van der Waals surface area contributed by atoms with Gasteiger partial charge in [-0.25, -0.2) is 0 Å². The molecule has 100 valence electrons. The Labute approximate surface area is 115 Å². The minimum absolute atomic E-state index is 0.470. The van der Waals surface area contributed by atoms with Crippen LogP contribution < -0.4 is 5.32 Å². The lowest BCUT2D eigenvalue weighted by molar-refractivity contribution is 0.279. The molecule has 1 N–H and O–H groups in total. The van der Waals surface area contributed by atoms with E-state index >= 15 is 0 Å². The molecule has 1 aromatic carbocycles. The van der Waals surface area contributed by atoms with Crippen LogP contribution in [0, 0.1) is 0 Å². The van der Waals surface area contributed by atoms with Gasteiger partial charge in [0.15, 0.2) is 0 Å². The van der Waals surface area contributed by atoms with Crippen LogP contribution in [-0.4, -0.2) is 43.1 Å². The van der Waals surface area contributed by atoms with Crippen molar-refractivity contribution < 1.29 is 0 Å². The zero-order valence-electron chi connectivity index (χ0n) is 11.4. The maximum absolute atomic E-state index is 3.74. The summed E-state index contributed by atoms with van der Waals surface area (Å²) in [5.41, 5.74) is 1.40. The van der Waals surface area contributed by atoms with E-state index in [9.17, 15) is 0 Å². The van der Waals surface area contributed by atoms with Gasteiger partial charge in [-0.1, -0.05) is 30.3 Å². The summed E-state index contributed by atoms with van der Waals surface area (Å²) in [6.07, 6.45) is 2.70. The lowest BCUT2D eigenvalue weighted by atomic mass is 10.1. The van der Waals surface area contributed by atoms with Crippen LogP contribution in [0.3, 0.4) is 0 Å². The fourth-order valence-electron chi connectivity index (χ4n) is 2.45. The monoisotopic (exact) mass is 264 g/mol. The number of benzene rings is 1. The van der Waals surface area contributed by atoms with Crippen molar-refractivity contribution in [2.45, 2.75) is 24.9 Å². The molecule has 0 saturated carbocycles. The van der Waals surface area contributed by atoms with E-state index in [0.717, 1.165) is 6.54 Å². The lowest BCUT2D eigenvalue weighted by Gasteiger charge is -2.29. The van der Waals surface area contributed by atoms with Gasteiger partial charge in [0, 0.05) is 24.4 Å². The summed E-state index contributed by atoms with van der Waals surface area (Å²) < 4.78 is 0. The van der Waals surface area contributed by atoms with Gasteiger partial charge in [-0.3, -0.25) is 0 Å². The van der Waals surface area contributed by atoms with E-state index in [2.05, 4.69) is 66.4 Å². The predicted octanol–water partition coefficient (Wildman–Crippen LogP) is 2.77. The van der Waals surface area contributed by atoms with Gasteiger partial charge in [0.25, 0.3) is 0 Å². The van der Waals surface area contributed by atoms with Crippen LogP contribution in [-0.2, 0) is 0 Å². The van der Waals surface area contributed by atoms with E-state index in [1.54, 1.807) is 0 Å². The highest BCUT2D eigenvalue weighted by atomic mass is 32.2. The molecule has 18 heavy (non-hydrogen) atoms. The van der Waals surface area contributed by atoms with Crippen molar-refractivity contribution in [3.05, 3.63) is 35.9 Å². The number of hydrogen-bond donors (Lipinski definition) is 1. The van der Waals surface area contributed by atoms with Crippen LogP contribution in [0.15, 0.2) is 30.3 Å². The fraction of sp³-hybridized carbons (Fsp3) is 0.600. The summed E-state index contributed by atoms with van der Waals surface area (Å²) in [5, 5.41) is 3.74. The summed E-state index contributed by atoms with van der Waals surface area (Å²) in [7, 11) is 4.32. The molecule has 0 aliphatic carbocycles. The third-order valence-corrected chi connectivity index (χ3v) is 4.78. The molecule has 1 aliphatic rings. The van der Waals surface area contributed by atoms with Gasteiger partial charge >= 0.3 is 0 Å². The summed E-state index contributed by atoms with van der Waals surface area (Å²) in [5.74, 6) is 2.61. The third kappa shape index (κ3) is 4.01. The second kappa shape index (κ2) is 7.17. The van der Waals surface area contributed by atoms with Crippen molar-refractivity contribution in [2.75, 3.05) is 32.1 Å². The molecule has 2 atom stereocenters. The minimum Gasteiger partial charge on any atom is -0.311 e. The summed E-state index contributed by atoms with van der Waals surface area (Å²) in [6.45, 7) is 1.04. The first-order valence-corrected chi connectivity index (χ1v) is 7.95. The molecule has 1 heterocycles. The molecule has 1 fully saturated rings. The van der Waals surface area contributed by atoms with Crippen molar-refractivity contribution in [2.24, 2.45) is 0 Å². The Morgan fingerprint density at radius 2 is 2.11 bits per heavy atom. The van der Waals surface area contributed by atoms with Crippen molar-refractivity contribution in [1.29, 1.82) is 0 Å². The zero-order valence-corrected chi connectivity index (χ0v) is 12.2. The highest BCUT2D eigenvalue weighted by Gasteiger charge is 2.17. The molecule has 2 unspecified atom stereocenters. The zero-order chi connectivity index (χ0) is 12.8. The average molecular weight is 264 g/mol. The smallest absolute Gasteiger partial charge is 0.0466 e. The maximum Gasteiger partial charge on any atom is 0.0466 e. The highest BCUT2D eigenvalue weighted by Crippen LogP contribution is 2.20. The third-order valence-electron chi connectivity index (χ3n) is 3.57. The minimum atomic E-state index is 0.470. The topological polar surface area (TPSA) is 15.3 Å². The molecular formula is C15H24N2S. The van der Waals surface area contributed by atoms with Crippen LogP contribution in [0.25, 0.3) is 0 Å². The summed E-state index contributed by atoms with van der Waals surface area (Å²) in [6, 6.07) is 12.0. The van der Waals surface area contributed by atoms with Gasteiger partial charge in [-0.2, -0.15) is 11.8 Å². The molecule has 0 bridgehead atoms. The van der Waals surface area contributed by atoms with Gasteiger partial charge in [0.2, 0.25) is 0 Å². The van der Waals surface area contributed by atoms with Crippen molar-refractivity contribution >= 4 is 11.8 Å². The molecule has 0 aromatic heterocycles. The Morgan fingerprint density at radius 1 is 1.33 bits per heavy atom. The van der Waals surface area contributed by atoms with Gasteiger partial charge < -0.3 is 10.2 Å². The molecule has 0 spiro atoms. The molecule has 1 aliphatic heterocycles. The van der Waals surface area contributed by atoms with E-state index in [1.807, 2.05) is 0 Å². The lowest BCUT2D eigenvalue weighted by Crippen LogP contribution is -2.39. The van der Waals surface area contributed by atoms with E-state index in [0.29, 0.717) is 12.1 Å². The molecule has 2 nitrogen and oxygen atoms in total. The second-order valence-electron chi connectivity index (χ2n) is 5.21. The quantitative estimate of drug-likeness (QED) is 0.880. The molecule has 0 radical (unpaired) electrons. The molecule has 1 saturated heterocycles. The fourth-order valence-corrected chi connectivity index (χ4v) is 3.56. The van der Waals surface area contributed by atoms with Crippen molar-refractivity contribution in [3.63, 3.8) is 0 Å². The van der Waals surface area contributed by atoms with E-state index in [1.165, 1.54) is 29.9 Å². The Kier molecular flexibility index (Phi) is 5.54. The predicted molar refractivity (Wildman–Crippen MR) is 81.2 cm³/mol. The number of nitrogens with one attached hydrogen (secondary N) is 1. The second-order valence-corrected chi connectivity index (χ2v) is 6.36. The largest absolute Gasteiger partial charge is 0.311 e. The molecule has 2 rings (SSSR count). The van der Waals surface area contributed by atoms with Crippen LogP contribution >= 0.6 is 11.8 Å². The molecule has 1 aromatic rings. The Balaban J connectivity index is 1.90. The average Bonchev–Trinajstić information content (AvgIpc) is 2.41. The molecule has 3 heteroatoms. The first-order chi connectivity index (χ1) is 8.77. The molecule has 0 amide bonds.